The number of nitrogens with one attached hydrogen (secondary N) is 1. The highest BCUT2D eigenvalue weighted by Crippen LogP contribution is 2.40. The zero-order valence-corrected chi connectivity index (χ0v) is 14.4. The molecule has 2 aromatic rings. The van der Waals surface area contributed by atoms with Gasteiger partial charge in [0.15, 0.2) is 16.7 Å². The van der Waals surface area contributed by atoms with Crippen molar-refractivity contribution in [3.05, 3.63) is 83.1 Å². The number of thioether (sulfide) groups is 1. The van der Waals surface area contributed by atoms with Crippen molar-refractivity contribution >= 4 is 28.6 Å². The molecule has 2 aliphatic rings. The Labute approximate surface area is 154 Å². The minimum absolute atomic E-state index is 0.0719. The molecule has 2 aliphatic heterocycles. The van der Waals surface area contributed by atoms with E-state index in [0.717, 1.165) is 5.56 Å². The fraction of sp³-hybridized carbons (Fsp3) is 0.105. The molecule has 0 fully saturated rings. The predicted molar refractivity (Wildman–Crippen MR) is 99.5 cm³/mol. The van der Waals surface area contributed by atoms with Gasteiger partial charge >= 0.3 is 0 Å². The molecule has 0 saturated carbocycles. The van der Waals surface area contributed by atoms with Crippen LogP contribution in [0.1, 0.15) is 22.0 Å². The molecule has 7 heteroatoms. The van der Waals surface area contributed by atoms with Gasteiger partial charge in [-0.25, -0.2) is 0 Å². The number of amidine groups is 1. The van der Waals surface area contributed by atoms with Crippen LogP contribution in [-0.2, 0) is 4.79 Å². The number of carbonyl (C=O) groups excluding carboxylic acids is 2. The first-order chi connectivity index (χ1) is 12.7. The highest BCUT2D eigenvalue weighted by Gasteiger charge is 2.46. The van der Waals surface area contributed by atoms with Gasteiger partial charge in [0.1, 0.15) is 0 Å². The summed E-state index contributed by atoms with van der Waals surface area (Å²) in [6.07, 6.45) is 0. The second kappa shape index (κ2) is 6.68. The van der Waals surface area contributed by atoms with Gasteiger partial charge in [0.25, 0.3) is 5.91 Å². The number of carbonyl (C=O) groups is 2. The van der Waals surface area contributed by atoms with Crippen LogP contribution in [0.3, 0.4) is 0 Å². The molecule has 0 aliphatic carbocycles. The predicted octanol–water partition coefficient (Wildman–Crippen LogP) is 2.83. The number of aliphatic hydroxyl groups is 1. The zero-order valence-electron chi connectivity index (χ0n) is 13.6. The Morgan fingerprint density at radius 1 is 1.12 bits per heavy atom. The number of hydrazone groups is 1. The van der Waals surface area contributed by atoms with Crippen molar-refractivity contribution in [1.29, 1.82) is 0 Å². The Kier molecular flexibility index (Phi) is 4.22. The first kappa shape index (κ1) is 16.4. The summed E-state index contributed by atoms with van der Waals surface area (Å²) in [4.78, 5) is 27.2. The Morgan fingerprint density at radius 2 is 1.77 bits per heavy atom. The van der Waals surface area contributed by atoms with Gasteiger partial charge in [-0.1, -0.05) is 72.4 Å². The van der Waals surface area contributed by atoms with E-state index in [1.54, 1.807) is 30.3 Å². The van der Waals surface area contributed by atoms with E-state index in [9.17, 15) is 14.7 Å². The summed E-state index contributed by atoms with van der Waals surface area (Å²) in [7, 11) is 0. The van der Waals surface area contributed by atoms with Gasteiger partial charge < -0.3 is 5.11 Å². The van der Waals surface area contributed by atoms with Gasteiger partial charge in [-0.15, -0.1) is 0 Å². The number of benzene rings is 2. The minimum Gasteiger partial charge on any atom is -0.503 e. The van der Waals surface area contributed by atoms with Crippen LogP contribution in [0.4, 0.5) is 0 Å². The average molecular weight is 365 g/mol. The summed E-state index contributed by atoms with van der Waals surface area (Å²) in [5, 5.41) is 15.1. The maximum Gasteiger partial charge on any atom is 0.296 e. The van der Waals surface area contributed by atoms with E-state index in [0.29, 0.717) is 16.6 Å². The van der Waals surface area contributed by atoms with Crippen molar-refractivity contribution in [2.75, 3.05) is 5.88 Å². The van der Waals surface area contributed by atoms with E-state index < -0.39 is 17.7 Å². The number of ketones is 1. The summed E-state index contributed by atoms with van der Waals surface area (Å²) < 4.78 is 0. The molecule has 0 radical (unpaired) electrons. The van der Waals surface area contributed by atoms with E-state index in [4.69, 9.17) is 0 Å². The van der Waals surface area contributed by atoms with Crippen molar-refractivity contribution < 1.29 is 14.7 Å². The van der Waals surface area contributed by atoms with E-state index in [-0.39, 0.29) is 11.4 Å². The molecule has 2 N–H and O–H groups in total. The van der Waals surface area contributed by atoms with E-state index in [1.165, 1.54) is 16.7 Å². The molecule has 0 saturated heterocycles. The zero-order chi connectivity index (χ0) is 18.1. The molecule has 1 unspecified atom stereocenters. The smallest absolute Gasteiger partial charge is 0.296 e. The highest BCUT2D eigenvalue weighted by molar-refractivity contribution is 8.14. The third-order valence-corrected chi connectivity index (χ3v) is 5.07. The SMILES string of the molecule is O=C(C1=C(O)C(=O)N(C2=NNCS2)C1c1ccccc1)c1ccccc1. The summed E-state index contributed by atoms with van der Waals surface area (Å²) in [6.45, 7) is 0. The van der Waals surface area contributed by atoms with Gasteiger partial charge in [-0.3, -0.25) is 19.9 Å². The highest BCUT2D eigenvalue weighted by atomic mass is 32.2. The lowest BCUT2D eigenvalue weighted by molar-refractivity contribution is -0.125. The van der Waals surface area contributed by atoms with Gasteiger partial charge in [0, 0.05) is 5.56 Å². The summed E-state index contributed by atoms with van der Waals surface area (Å²) in [5.74, 6) is -0.982. The molecular formula is C19H15N3O3S. The molecule has 6 nitrogen and oxygen atoms in total. The Hall–Kier alpha value is -3.06. The fourth-order valence-corrected chi connectivity index (χ4v) is 3.80. The van der Waals surface area contributed by atoms with Gasteiger partial charge in [-0.05, 0) is 5.56 Å². The molecule has 0 bridgehead atoms. The second-order valence-corrected chi connectivity index (χ2v) is 6.73. The lowest BCUT2D eigenvalue weighted by atomic mass is 9.93. The lowest BCUT2D eigenvalue weighted by Gasteiger charge is -2.25. The van der Waals surface area contributed by atoms with Crippen LogP contribution >= 0.6 is 11.8 Å². The largest absolute Gasteiger partial charge is 0.503 e. The van der Waals surface area contributed by atoms with Crippen LogP contribution in [0.15, 0.2) is 77.1 Å². The van der Waals surface area contributed by atoms with Crippen LogP contribution in [0.2, 0.25) is 0 Å². The number of nitrogens with zero attached hydrogens (tertiary/aromatic N) is 2. The fourth-order valence-electron chi connectivity index (χ4n) is 3.08. The van der Waals surface area contributed by atoms with Crippen LogP contribution < -0.4 is 5.43 Å². The summed E-state index contributed by atoms with van der Waals surface area (Å²) in [6, 6.07) is 17.1. The van der Waals surface area contributed by atoms with E-state index >= 15 is 0 Å². The maximum atomic E-state index is 13.1. The third kappa shape index (κ3) is 2.66. The maximum absolute atomic E-state index is 13.1. The van der Waals surface area contributed by atoms with Gasteiger partial charge in [-0.2, -0.15) is 5.10 Å². The first-order valence-corrected chi connectivity index (χ1v) is 9.02. The minimum atomic E-state index is -0.720. The van der Waals surface area contributed by atoms with Crippen LogP contribution in [0.5, 0.6) is 0 Å². The lowest BCUT2D eigenvalue weighted by Crippen LogP contribution is -2.34. The molecule has 0 aromatic heterocycles. The van der Waals surface area contributed by atoms with Crippen molar-refractivity contribution in [3.8, 4) is 0 Å². The normalized spacial score (nSPS) is 19.5. The number of hydrogen-bond acceptors (Lipinski definition) is 6. The molecule has 26 heavy (non-hydrogen) atoms. The topological polar surface area (TPSA) is 82.0 Å². The first-order valence-electron chi connectivity index (χ1n) is 8.03. The quantitative estimate of drug-likeness (QED) is 0.818. The molecule has 1 atom stereocenters. The van der Waals surface area contributed by atoms with Gasteiger partial charge in [0.2, 0.25) is 0 Å². The van der Waals surface area contributed by atoms with Crippen molar-refractivity contribution in [2.24, 2.45) is 5.10 Å². The number of rotatable bonds is 3. The third-order valence-electron chi connectivity index (χ3n) is 4.25. The molecule has 0 spiro atoms. The molecule has 2 heterocycles. The van der Waals surface area contributed by atoms with Crippen LogP contribution in [0.25, 0.3) is 0 Å². The van der Waals surface area contributed by atoms with Crippen molar-refractivity contribution in [1.82, 2.24) is 10.3 Å². The Bertz CT molecular complexity index is 926. The second-order valence-electron chi connectivity index (χ2n) is 5.79. The Balaban J connectivity index is 1.84. The van der Waals surface area contributed by atoms with Crippen molar-refractivity contribution in [3.63, 3.8) is 0 Å². The summed E-state index contributed by atoms with van der Waals surface area (Å²) in [5.41, 5.74) is 4.03. The van der Waals surface area contributed by atoms with Crippen LogP contribution in [-0.4, -0.2) is 32.7 Å². The van der Waals surface area contributed by atoms with E-state index in [2.05, 4.69) is 10.5 Å². The van der Waals surface area contributed by atoms with E-state index in [1.807, 2.05) is 30.3 Å². The number of Topliss-reactive ketones (excluding diaryl/α,β-unsaturated/α-hetero) is 1. The molecule has 4 rings (SSSR count). The monoisotopic (exact) mass is 365 g/mol. The Morgan fingerprint density at radius 3 is 2.38 bits per heavy atom. The standard InChI is InChI=1S/C19H15N3O3S/c23-16(13-9-5-2-6-10-13)14-15(12-7-3-1-4-8-12)22(18(25)17(14)24)19-21-20-11-26-19/h1-10,15,20,24H,11H2. The van der Waals surface area contributed by atoms with Crippen LogP contribution in [0, 0.1) is 0 Å². The van der Waals surface area contributed by atoms with Crippen molar-refractivity contribution in [2.45, 2.75) is 6.04 Å². The number of amides is 1. The molecule has 1 amide bonds. The summed E-state index contributed by atoms with van der Waals surface area (Å²) >= 11 is 1.35. The number of hydrogen-bond donors (Lipinski definition) is 2. The van der Waals surface area contributed by atoms with Gasteiger partial charge in [0.05, 0.1) is 17.5 Å². The molecular weight excluding hydrogens is 350 g/mol. The average Bonchev–Trinajstić information content (AvgIpc) is 3.30. The molecule has 130 valence electrons. The number of aliphatic hydroxyl groups excluding tert-OH is 1. The molecule has 2 aromatic carbocycles.